The number of phenols is 2. The van der Waals surface area contributed by atoms with Gasteiger partial charge in [0.15, 0.2) is 0 Å². The Balaban J connectivity index is 2.65. The molecule has 0 saturated carbocycles. The number of hydrogen-bond acceptors (Lipinski definition) is 4. The molecule has 0 aliphatic heterocycles. The number of hydrogen-bond donors (Lipinski definition) is 4. The van der Waals surface area contributed by atoms with E-state index < -0.39 is 11.9 Å². The van der Waals surface area contributed by atoms with Crippen molar-refractivity contribution in [1.29, 1.82) is 0 Å². The van der Waals surface area contributed by atoms with Crippen molar-refractivity contribution >= 4 is 11.8 Å². The number of phenolic OH excluding ortho intramolecular Hbond substituents is 2. The molecule has 0 radical (unpaired) electrons. The third-order valence-electron chi connectivity index (χ3n) is 2.65. The van der Waals surface area contributed by atoms with Crippen LogP contribution in [0.3, 0.4) is 0 Å². The quantitative estimate of drug-likeness (QED) is 0.604. The molecule has 0 aromatic heterocycles. The van der Waals surface area contributed by atoms with Gasteiger partial charge in [0.05, 0.1) is 5.56 Å². The molecule has 0 aliphatic carbocycles. The van der Waals surface area contributed by atoms with E-state index in [0.29, 0.717) is 12.5 Å². The lowest BCUT2D eigenvalue weighted by Gasteiger charge is -2.15. The van der Waals surface area contributed by atoms with Crippen LogP contribution in [-0.2, 0) is 4.79 Å². The Hall–Kier alpha value is -2.24. The summed E-state index contributed by atoms with van der Waals surface area (Å²) in [5, 5.41) is 24.0. The fourth-order valence-electron chi connectivity index (χ4n) is 1.50. The van der Waals surface area contributed by atoms with Gasteiger partial charge < -0.3 is 20.8 Å². The Morgan fingerprint density at radius 2 is 1.85 bits per heavy atom. The standard InChI is InChI=1S/C14H20N2O4/c1-8(2)7-15-13(19)9(3)16-14(20)11-6-10(17)4-5-12(11)18/h4-6,8-9,17-18H,7H2,1-3H3,(H,15,19)(H,16,20). The van der Waals surface area contributed by atoms with Crippen molar-refractivity contribution in [2.45, 2.75) is 26.8 Å². The van der Waals surface area contributed by atoms with Crippen LogP contribution in [0.2, 0.25) is 0 Å². The summed E-state index contributed by atoms with van der Waals surface area (Å²) in [6.45, 7) is 6.01. The third kappa shape index (κ3) is 4.46. The van der Waals surface area contributed by atoms with Crippen LogP contribution in [0.4, 0.5) is 0 Å². The van der Waals surface area contributed by atoms with E-state index in [1.165, 1.54) is 12.1 Å². The number of aromatic hydroxyl groups is 2. The predicted octanol–water partition coefficient (Wildman–Crippen LogP) is 0.988. The molecule has 1 rings (SSSR count). The van der Waals surface area contributed by atoms with Crippen molar-refractivity contribution in [2.75, 3.05) is 6.54 Å². The van der Waals surface area contributed by atoms with Crippen molar-refractivity contribution in [3.05, 3.63) is 23.8 Å². The molecule has 0 saturated heterocycles. The minimum Gasteiger partial charge on any atom is -0.508 e. The van der Waals surface area contributed by atoms with Crippen molar-refractivity contribution in [2.24, 2.45) is 5.92 Å². The second-order valence-corrected chi connectivity index (χ2v) is 5.04. The molecular weight excluding hydrogens is 260 g/mol. The highest BCUT2D eigenvalue weighted by Gasteiger charge is 2.19. The normalized spacial score (nSPS) is 12.0. The lowest BCUT2D eigenvalue weighted by molar-refractivity contribution is -0.122. The van der Waals surface area contributed by atoms with Gasteiger partial charge in [-0.15, -0.1) is 0 Å². The van der Waals surface area contributed by atoms with Crippen LogP contribution in [0.5, 0.6) is 11.5 Å². The number of carbonyl (C=O) groups is 2. The molecule has 1 unspecified atom stereocenters. The molecule has 0 spiro atoms. The smallest absolute Gasteiger partial charge is 0.255 e. The van der Waals surface area contributed by atoms with Gasteiger partial charge in [0.2, 0.25) is 5.91 Å². The molecule has 0 aliphatic rings. The molecule has 0 heterocycles. The monoisotopic (exact) mass is 280 g/mol. The molecule has 1 aromatic rings. The van der Waals surface area contributed by atoms with Crippen molar-refractivity contribution in [1.82, 2.24) is 10.6 Å². The van der Waals surface area contributed by atoms with Gasteiger partial charge in [-0.25, -0.2) is 0 Å². The van der Waals surface area contributed by atoms with Crippen LogP contribution in [0, 0.1) is 5.92 Å². The molecule has 0 bridgehead atoms. The van der Waals surface area contributed by atoms with E-state index in [1.54, 1.807) is 6.92 Å². The SMILES string of the molecule is CC(C)CNC(=O)C(C)NC(=O)c1cc(O)ccc1O. The highest BCUT2D eigenvalue weighted by Crippen LogP contribution is 2.21. The van der Waals surface area contributed by atoms with Crippen molar-refractivity contribution < 1.29 is 19.8 Å². The van der Waals surface area contributed by atoms with Crippen LogP contribution in [0.15, 0.2) is 18.2 Å². The van der Waals surface area contributed by atoms with E-state index >= 15 is 0 Å². The number of nitrogens with one attached hydrogen (secondary N) is 2. The fourth-order valence-corrected chi connectivity index (χ4v) is 1.50. The lowest BCUT2D eigenvalue weighted by Crippen LogP contribution is -2.45. The molecular formula is C14H20N2O4. The van der Waals surface area contributed by atoms with Crippen LogP contribution in [0.1, 0.15) is 31.1 Å². The van der Waals surface area contributed by atoms with Crippen LogP contribution in [0.25, 0.3) is 0 Å². The number of amides is 2. The largest absolute Gasteiger partial charge is 0.508 e. The van der Waals surface area contributed by atoms with Gasteiger partial charge in [-0.05, 0) is 31.0 Å². The minimum atomic E-state index is -0.733. The zero-order chi connectivity index (χ0) is 15.3. The van der Waals surface area contributed by atoms with E-state index in [4.69, 9.17) is 0 Å². The second kappa shape index (κ2) is 6.79. The predicted molar refractivity (Wildman–Crippen MR) is 74.5 cm³/mol. The first-order valence-electron chi connectivity index (χ1n) is 6.41. The highest BCUT2D eigenvalue weighted by atomic mass is 16.3. The van der Waals surface area contributed by atoms with Gasteiger partial charge in [-0.2, -0.15) is 0 Å². The highest BCUT2D eigenvalue weighted by molar-refractivity contribution is 5.99. The van der Waals surface area contributed by atoms with Gasteiger partial charge in [0, 0.05) is 6.54 Å². The lowest BCUT2D eigenvalue weighted by atomic mass is 10.1. The zero-order valence-corrected chi connectivity index (χ0v) is 11.8. The topological polar surface area (TPSA) is 98.7 Å². The van der Waals surface area contributed by atoms with Gasteiger partial charge in [-0.3, -0.25) is 9.59 Å². The van der Waals surface area contributed by atoms with Crippen molar-refractivity contribution in [3.8, 4) is 11.5 Å². The second-order valence-electron chi connectivity index (χ2n) is 5.04. The van der Waals surface area contributed by atoms with Gasteiger partial charge >= 0.3 is 0 Å². The Bertz CT molecular complexity index is 500. The van der Waals surface area contributed by atoms with Gasteiger partial charge in [0.25, 0.3) is 5.91 Å². The molecule has 20 heavy (non-hydrogen) atoms. The van der Waals surface area contributed by atoms with Crippen LogP contribution >= 0.6 is 0 Å². The Kier molecular flexibility index (Phi) is 5.37. The zero-order valence-electron chi connectivity index (χ0n) is 11.8. The van der Waals surface area contributed by atoms with E-state index in [1.807, 2.05) is 13.8 Å². The maximum Gasteiger partial charge on any atom is 0.255 e. The van der Waals surface area contributed by atoms with Crippen LogP contribution < -0.4 is 10.6 Å². The molecule has 1 aromatic carbocycles. The van der Waals surface area contributed by atoms with E-state index in [-0.39, 0.29) is 23.0 Å². The number of carbonyl (C=O) groups excluding carboxylic acids is 2. The molecule has 2 amide bonds. The maximum atomic E-state index is 11.9. The third-order valence-corrected chi connectivity index (χ3v) is 2.65. The molecule has 6 heteroatoms. The maximum absolute atomic E-state index is 11.9. The fraction of sp³-hybridized carbons (Fsp3) is 0.429. The van der Waals surface area contributed by atoms with Gasteiger partial charge in [-0.1, -0.05) is 13.8 Å². The summed E-state index contributed by atoms with van der Waals surface area (Å²) in [4.78, 5) is 23.6. The van der Waals surface area contributed by atoms with Gasteiger partial charge in [0.1, 0.15) is 17.5 Å². The van der Waals surface area contributed by atoms with E-state index in [0.717, 1.165) is 6.07 Å². The van der Waals surface area contributed by atoms with Crippen molar-refractivity contribution in [3.63, 3.8) is 0 Å². The first-order valence-corrected chi connectivity index (χ1v) is 6.41. The van der Waals surface area contributed by atoms with E-state index in [2.05, 4.69) is 10.6 Å². The Morgan fingerprint density at radius 3 is 2.45 bits per heavy atom. The summed E-state index contributed by atoms with van der Waals surface area (Å²) in [5.74, 6) is -0.991. The summed E-state index contributed by atoms with van der Waals surface area (Å²) in [6, 6.07) is 2.89. The summed E-state index contributed by atoms with van der Waals surface area (Å²) >= 11 is 0. The summed E-state index contributed by atoms with van der Waals surface area (Å²) in [6.07, 6.45) is 0. The Morgan fingerprint density at radius 1 is 1.20 bits per heavy atom. The Labute approximate surface area is 117 Å². The first-order chi connectivity index (χ1) is 9.31. The summed E-state index contributed by atoms with van der Waals surface area (Å²) in [5.41, 5.74) is -0.0755. The number of benzene rings is 1. The van der Waals surface area contributed by atoms with Crippen LogP contribution in [-0.4, -0.2) is 34.6 Å². The molecule has 0 fully saturated rings. The average Bonchev–Trinajstić information content (AvgIpc) is 2.38. The minimum absolute atomic E-state index is 0.0755. The first kappa shape index (κ1) is 15.8. The molecule has 110 valence electrons. The summed E-state index contributed by atoms with van der Waals surface area (Å²) < 4.78 is 0. The van der Waals surface area contributed by atoms with E-state index in [9.17, 15) is 19.8 Å². The summed E-state index contributed by atoms with van der Waals surface area (Å²) in [7, 11) is 0. The molecule has 6 nitrogen and oxygen atoms in total. The number of rotatable bonds is 5. The molecule has 1 atom stereocenters. The average molecular weight is 280 g/mol. The molecule has 4 N–H and O–H groups in total.